The normalized spacial score (nSPS) is 19.2. The lowest BCUT2D eigenvalue weighted by Crippen LogP contribution is -2.46. The number of aromatic nitrogens is 2. The molecule has 0 spiro atoms. The summed E-state index contributed by atoms with van der Waals surface area (Å²) in [5.41, 5.74) is 1.39. The lowest BCUT2D eigenvalue weighted by Gasteiger charge is -2.33. The molecule has 1 saturated heterocycles. The smallest absolute Gasteiger partial charge is 0.225 e. The number of nitrogens with one attached hydrogen (secondary N) is 1. The Kier molecular flexibility index (Phi) is 4.28. The van der Waals surface area contributed by atoms with Gasteiger partial charge in [0.05, 0.1) is 0 Å². The van der Waals surface area contributed by atoms with E-state index in [1.54, 1.807) is 0 Å². The second-order valence-electron chi connectivity index (χ2n) is 5.24. The van der Waals surface area contributed by atoms with Crippen molar-refractivity contribution in [2.45, 2.75) is 32.4 Å². The first-order valence-corrected chi connectivity index (χ1v) is 7.99. The van der Waals surface area contributed by atoms with Crippen LogP contribution in [0.25, 0.3) is 0 Å². The molecule has 2 aromatic heterocycles. The number of anilines is 1. The summed E-state index contributed by atoms with van der Waals surface area (Å²) in [5.74, 6) is 0.853. The van der Waals surface area contributed by atoms with E-state index in [1.165, 1.54) is 23.3 Å². The molecule has 0 amide bonds. The quantitative estimate of drug-likeness (QED) is 0.939. The molecule has 0 radical (unpaired) electrons. The second kappa shape index (κ2) is 6.33. The van der Waals surface area contributed by atoms with E-state index in [9.17, 15) is 0 Å². The van der Waals surface area contributed by atoms with E-state index in [4.69, 9.17) is 0 Å². The van der Waals surface area contributed by atoms with Crippen LogP contribution in [0.2, 0.25) is 0 Å². The number of thiophene rings is 1. The summed E-state index contributed by atoms with van der Waals surface area (Å²) in [7, 11) is 0. The van der Waals surface area contributed by atoms with Crippen molar-refractivity contribution >= 4 is 17.3 Å². The van der Waals surface area contributed by atoms with E-state index < -0.39 is 0 Å². The molecule has 3 heterocycles. The lowest BCUT2D eigenvalue weighted by molar-refractivity contribution is 0.419. The highest BCUT2D eigenvalue weighted by Gasteiger charge is 2.21. The molecule has 4 nitrogen and oxygen atoms in total. The minimum absolute atomic E-state index is 0.522. The molecule has 0 aromatic carbocycles. The highest BCUT2D eigenvalue weighted by Crippen LogP contribution is 2.18. The van der Waals surface area contributed by atoms with Gasteiger partial charge in [0.1, 0.15) is 0 Å². The van der Waals surface area contributed by atoms with Crippen LogP contribution in [0.15, 0.2) is 29.9 Å². The Labute approximate surface area is 123 Å². The number of hydrogen-bond acceptors (Lipinski definition) is 5. The molecule has 3 rings (SSSR count). The van der Waals surface area contributed by atoms with Crippen molar-refractivity contribution in [3.05, 3.63) is 40.3 Å². The number of aryl methyl sites for hydroxylation is 1. The fourth-order valence-electron chi connectivity index (χ4n) is 2.60. The average Bonchev–Trinajstić information content (AvgIpc) is 2.92. The maximum atomic E-state index is 4.35. The lowest BCUT2D eigenvalue weighted by atomic mass is 10.1. The number of piperidine rings is 1. The summed E-state index contributed by atoms with van der Waals surface area (Å²) in [6.45, 7) is 5.20. The van der Waals surface area contributed by atoms with Crippen LogP contribution in [0.5, 0.6) is 0 Å². The zero-order valence-corrected chi connectivity index (χ0v) is 12.6. The third kappa shape index (κ3) is 3.16. The Bertz CT molecular complexity index is 540. The van der Waals surface area contributed by atoms with Gasteiger partial charge < -0.3 is 10.2 Å². The summed E-state index contributed by atoms with van der Waals surface area (Å²) in [6, 6.07) is 4.57. The van der Waals surface area contributed by atoms with Gasteiger partial charge in [-0.2, -0.15) is 0 Å². The minimum Gasteiger partial charge on any atom is -0.339 e. The van der Waals surface area contributed by atoms with Gasteiger partial charge in [-0.25, -0.2) is 9.97 Å². The maximum absolute atomic E-state index is 4.35. The Hall–Kier alpha value is -1.46. The summed E-state index contributed by atoms with van der Waals surface area (Å²) < 4.78 is 0. The second-order valence-corrected chi connectivity index (χ2v) is 6.24. The molecule has 1 aliphatic heterocycles. The van der Waals surface area contributed by atoms with Crippen molar-refractivity contribution in [3.63, 3.8) is 0 Å². The molecule has 1 fully saturated rings. The van der Waals surface area contributed by atoms with Gasteiger partial charge in [0, 0.05) is 42.9 Å². The van der Waals surface area contributed by atoms with Crippen LogP contribution < -0.4 is 10.2 Å². The first kappa shape index (κ1) is 13.5. The first-order valence-electron chi connectivity index (χ1n) is 7.11. The molecule has 0 bridgehead atoms. The number of rotatable bonds is 4. The molecule has 106 valence electrons. The number of hydrogen-bond donors (Lipinski definition) is 1. The zero-order chi connectivity index (χ0) is 13.8. The Morgan fingerprint density at radius 2 is 2.25 bits per heavy atom. The predicted molar refractivity (Wildman–Crippen MR) is 83.2 cm³/mol. The third-order valence-electron chi connectivity index (χ3n) is 3.78. The first-order chi connectivity index (χ1) is 9.83. The molecule has 1 N–H and O–H groups in total. The van der Waals surface area contributed by atoms with Gasteiger partial charge in [0.15, 0.2) is 0 Å². The summed E-state index contributed by atoms with van der Waals surface area (Å²) >= 11 is 1.83. The van der Waals surface area contributed by atoms with E-state index in [2.05, 4.69) is 38.6 Å². The molecular formula is C15H20N4S. The summed E-state index contributed by atoms with van der Waals surface area (Å²) in [5, 5.41) is 5.84. The van der Waals surface area contributed by atoms with Crippen LogP contribution in [-0.4, -0.2) is 29.1 Å². The van der Waals surface area contributed by atoms with Crippen molar-refractivity contribution < 1.29 is 0 Å². The summed E-state index contributed by atoms with van der Waals surface area (Å²) in [4.78, 5) is 12.4. The maximum Gasteiger partial charge on any atom is 0.225 e. The van der Waals surface area contributed by atoms with Gasteiger partial charge in [0.25, 0.3) is 0 Å². The van der Waals surface area contributed by atoms with Gasteiger partial charge in [-0.05, 0) is 42.8 Å². The van der Waals surface area contributed by atoms with E-state index in [0.717, 1.165) is 25.6 Å². The highest BCUT2D eigenvalue weighted by atomic mass is 32.1. The third-order valence-corrected chi connectivity index (χ3v) is 4.80. The largest absolute Gasteiger partial charge is 0.339 e. The SMILES string of the molecule is Cc1ccsc1CN[C@H]1CCCN(c2ncccn2)C1. The Morgan fingerprint density at radius 1 is 1.40 bits per heavy atom. The van der Waals surface area contributed by atoms with Crippen LogP contribution in [-0.2, 0) is 6.54 Å². The minimum atomic E-state index is 0.522. The van der Waals surface area contributed by atoms with E-state index in [-0.39, 0.29) is 0 Å². The van der Waals surface area contributed by atoms with Crippen molar-refractivity contribution in [1.82, 2.24) is 15.3 Å². The number of nitrogens with zero attached hydrogens (tertiary/aromatic N) is 3. The fraction of sp³-hybridized carbons (Fsp3) is 0.467. The molecule has 1 aliphatic rings. The van der Waals surface area contributed by atoms with Crippen LogP contribution in [0.3, 0.4) is 0 Å². The van der Waals surface area contributed by atoms with Crippen molar-refractivity contribution in [1.29, 1.82) is 0 Å². The summed E-state index contributed by atoms with van der Waals surface area (Å²) in [6.07, 6.45) is 6.05. The standard InChI is InChI=1S/C15H20N4S/c1-12-5-9-20-14(12)10-18-13-4-2-8-19(11-13)15-16-6-3-7-17-15/h3,5-7,9,13,18H,2,4,8,10-11H2,1H3/t13-/m0/s1. The zero-order valence-electron chi connectivity index (χ0n) is 11.7. The van der Waals surface area contributed by atoms with Crippen LogP contribution >= 0.6 is 11.3 Å². The van der Waals surface area contributed by atoms with Gasteiger partial charge in [0.2, 0.25) is 5.95 Å². The van der Waals surface area contributed by atoms with E-state index in [0.29, 0.717) is 6.04 Å². The monoisotopic (exact) mass is 288 g/mol. The molecule has 2 aromatic rings. The van der Waals surface area contributed by atoms with Gasteiger partial charge in [-0.3, -0.25) is 0 Å². The van der Waals surface area contributed by atoms with Crippen LogP contribution in [0, 0.1) is 6.92 Å². The molecule has 0 unspecified atom stereocenters. The van der Waals surface area contributed by atoms with Crippen molar-refractivity contribution in [2.24, 2.45) is 0 Å². The van der Waals surface area contributed by atoms with Gasteiger partial charge in [-0.1, -0.05) is 0 Å². The highest BCUT2D eigenvalue weighted by molar-refractivity contribution is 7.10. The average molecular weight is 288 g/mol. The van der Waals surface area contributed by atoms with E-state index in [1.807, 2.05) is 29.8 Å². The fourth-order valence-corrected chi connectivity index (χ4v) is 3.46. The van der Waals surface area contributed by atoms with Gasteiger partial charge >= 0.3 is 0 Å². The Morgan fingerprint density at radius 3 is 3.00 bits per heavy atom. The Balaban J connectivity index is 1.57. The van der Waals surface area contributed by atoms with Crippen molar-refractivity contribution in [2.75, 3.05) is 18.0 Å². The van der Waals surface area contributed by atoms with Crippen LogP contribution in [0.1, 0.15) is 23.3 Å². The predicted octanol–water partition coefficient (Wildman–Crippen LogP) is 2.61. The molecule has 0 saturated carbocycles. The van der Waals surface area contributed by atoms with Crippen LogP contribution in [0.4, 0.5) is 5.95 Å². The topological polar surface area (TPSA) is 41.0 Å². The van der Waals surface area contributed by atoms with Gasteiger partial charge in [-0.15, -0.1) is 11.3 Å². The molecular weight excluding hydrogens is 268 g/mol. The molecule has 5 heteroatoms. The molecule has 0 aliphatic carbocycles. The van der Waals surface area contributed by atoms with Crippen molar-refractivity contribution in [3.8, 4) is 0 Å². The molecule has 1 atom stereocenters. The van der Waals surface area contributed by atoms with E-state index >= 15 is 0 Å². The molecule has 20 heavy (non-hydrogen) atoms.